The highest BCUT2D eigenvalue weighted by molar-refractivity contribution is 7.89. The molecule has 0 bridgehead atoms. The van der Waals surface area contributed by atoms with Gasteiger partial charge in [-0.15, -0.1) is 0 Å². The molecule has 3 rings (SSSR count). The minimum Gasteiger partial charge on any atom is -0.497 e. The van der Waals surface area contributed by atoms with E-state index in [1.54, 1.807) is 18.2 Å². The van der Waals surface area contributed by atoms with Crippen molar-refractivity contribution in [2.75, 3.05) is 26.6 Å². The van der Waals surface area contributed by atoms with Crippen LogP contribution in [-0.2, 0) is 10.0 Å². The molecule has 0 spiro atoms. The summed E-state index contributed by atoms with van der Waals surface area (Å²) < 4.78 is 44.5. The third kappa shape index (κ3) is 5.48. The lowest BCUT2D eigenvalue weighted by Crippen LogP contribution is -2.36. The minimum atomic E-state index is -3.85. The Morgan fingerprint density at radius 2 is 1.61 bits per heavy atom. The van der Waals surface area contributed by atoms with Crippen LogP contribution in [0.5, 0.6) is 17.2 Å². The molecule has 0 saturated heterocycles. The molecule has 2 aromatic rings. The van der Waals surface area contributed by atoms with E-state index < -0.39 is 15.9 Å². The highest BCUT2D eigenvalue weighted by Gasteiger charge is 2.26. The number of hydrogen-bond acceptors (Lipinski definition) is 6. The third-order valence-corrected chi connectivity index (χ3v) is 6.84. The lowest BCUT2D eigenvalue weighted by molar-refractivity contribution is 0.102. The molecule has 1 aliphatic carbocycles. The minimum absolute atomic E-state index is 0.0603. The fourth-order valence-electron chi connectivity index (χ4n) is 3.63. The van der Waals surface area contributed by atoms with E-state index >= 15 is 0 Å². The molecule has 0 aliphatic heterocycles. The Bertz CT molecular complexity index is 1030. The number of sulfonamides is 1. The quantitative estimate of drug-likeness (QED) is 0.640. The van der Waals surface area contributed by atoms with Gasteiger partial charge in [0.15, 0.2) is 0 Å². The lowest BCUT2D eigenvalue weighted by atomic mass is 9.96. The average molecular weight is 449 g/mol. The maximum atomic E-state index is 13.0. The van der Waals surface area contributed by atoms with Crippen LogP contribution in [0.1, 0.15) is 42.5 Å². The molecule has 168 valence electrons. The number of hydrogen-bond donors (Lipinski definition) is 2. The normalized spacial score (nSPS) is 14.7. The summed E-state index contributed by atoms with van der Waals surface area (Å²) in [4.78, 5) is 12.8. The van der Waals surface area contributed by atoms with Gasteiger partial charge in [0, 0.05) is 17.7 Å². The number of anilines is 1. The summed E-state index contributed by atoms with van der Waals surface area (Å²) in [5, 5.41) is 2.75. The molecule has 1 amide bonds. The molecule has 0 radical (unpaired) electrons. The molecule has 0 atom stereocenters. The molecule has 2 aromatic carbocycles. The Morgan fingerprint density at radius 1 is 0.903 bits per heavy atom. The van der Waals surface area contributed by atoms with Crippen LogP contribution in [0.3, 0.4) is 0 Å². The van der Waals surface area contributed by atoms with Crippen molar-refractivity contribution in [1.82, 2.24) is 4.72 Å². The van der Waals surface area contributed by atoms with Crippen LogP contribution in [0.4, 0.5) is 5.69 Å². The first kappa shape index (κ1) is 22.9. The van der Waals surface area contributed by atoms with Gasteiger partial charge in [-0.25, -0.2) is 13.1 Å². The summed E-state index contributed by atoms with van der Waals surface area (Å²) in [5.74, 6) is 0.719. The van der Waals surface area contributed by atoms with Gasteiger partial charge in [0.25, 0.3) is 5.91 Å². The molecule has 8 nitrogen and oxygen atoms in total. The summed E-state index contributed by atoms with van der Waals surface area (Å²) in [6.07, 6.45) is 4.72. The zero-order chi connectivity index (χ0) is 22.4. The molecule has 0 unspecified atom stereocenters. The lowest BCUT2D eigenvalue weighted by Gasteiger charge is -2.23. The number of carbonyl (C=O) groups excluding carboxylic acids is 1. The van der Waals surface area contributed by atoms with Gasteiger partial charge >= 0.3 is 0 Å². The molecule has 31 heavy (non-hydrogen) atoms. The van der Waals surface area contributed by atoms with Gasteiger partial charge in [-0.1, -0.05) is 19.3 Å². The smallest absolute Gasteiger partial charge is 0.255 e. The van der Waals surface area contributed by atoms with Crippen molar-refractivity contribution in [2.24, 2.45) is 0 Å². The van der Waals surface area contributed by atoms with Crippen LogP contribution < -0.4 is 24.2 Å². The summed E-state index contributed by atoms with van der Waals surface area (Å²) in [6, 6.07) is 9.21. The van der Waals surface area contributed by atoms with Crippen molar-refractivity contribution in [2.45, 2.75) is 43.0 Å². The molecule has 2 N–H and O–H groups in total. The maximum Gasteiger partial charge on any atom is 0.255 e. The van der Waals surface area contributed by atoms with Crippen molar-refractivity contribution in [3.63, 3.8) is 0 Å². The van der Waals surface area contributed by atoms with Gasteiger partial charge < -0.3 is 19.5 Å². The molecule has 0 aromatic heterocycles. The number of carbonyl (C=O) groups is 1. The molecule has 0 heterocycles. The van der Waals surface area contributed by atoms with Crippen LogP contribution in [0, 0.1) is 0 Å². The number of rotatable bonds is 8. The Morgan fingerprint density at radius 3 is 2.26 bits per heavy atom. The summed E-state index contributed by atoms with van der Waals surface area (Å²) in [6.45, 7) is 0. The SMILES string of the molecule is COc1ccc(NC(=O)c2ccc(OC)c(S(=O)(=O)NC3CCCCC3)c2)c(OC)c1. The van der Waals surface area contributed by atoms with E-state index in [-0.39, 0.29) is 22.3 Å². The van der Waals surface area contributed by atoms with Crippen LogP contribution in [-0.4, -0.2) is 41.7 Å². The van der Waals surface area contributed by atoms with Crippen LogP contribution >= 0.6 is 0 Å². The molecule has 9 heteroatoms. The first-order chi connectivity index (χ1) is 14.9. The topological polar surface area (TPSA) is 103 Å². The van der Waals surface area contributed by atoms with Crippen molar-refractivity contribution in [3.05, 3.63) is 42.0 Å². The van der Waals surface area contributed by atoms with Gasteiger partial charge in [0.05, 0.1) is 27.0 Å². The third-order valence-electron chi connectivity index (χ3n) is 5.30. The predicted molar refractivity (Wildman–Crippen MR) is 118 cm³/mol. The standard InChI is InChI=1S/C22H28N2O6S/c1-28-17-10-11-18(20(14-17)30-3)23-22(25)15-9-12-19(29-2)21(13-15)31(26,27)24-16-7-5-4-6-8-16/h9-14,16,24H,4-8H2,1-3H3,(H,23,25). The van der Waals surface area contributed by atoms with Crippen LogP contribution in [0.15, 0.2) is 41.3 Å². The van der Waals surface area contributed by atoms with E-state index in [2.05, 4.69) is 10.0 Å². The molecular formula is C22H28N2O6S. The number of ether oxygens (including phenoxy) is 3. The van der Waals surface area contributed by atoms with Gasteiger partial charge in [-0.05, 0) is 43.2 Å². The molecule has 1 saturated carbocycles. The molecular weight excluding hydrogens is 420 g/mol. The second-order valence-electron chi connectivity index (χ2n) is 7.34. The Kier molecular flexibility index (Phi) is 7.40. The predicted octanol–water partition coefficient (Wildman–Crippen LogP) is 3.58. The second-order valence-corrected chi connectivity index (χ2v) is 9.02. The fraction of sp³-hybridized carbons (Fsp3) is 0.409. The highest BCUT2D eigenvalue weighted by Crippen LogP contribution is 2.31. The van der Waals surface area contributed by atoms with Crippen LogP contribution in [0.25, 0.3) is 0 Å². The van der Waals surface area contributed by atoms with Gasteiger partial charge in [0.1, 0.15) is 22.1 Å². The Labute approximate surface area is 182 Å². The first-order valence-corrected chi connectivity index (χ1v) is 11.6. The van der Waals surface area contributed by atoms with Crippen LogP contribution in [0.2, 0.25) is 0 Å². The first-order valence-electron chi connectivity index (χ1n) is 10.1. The Hall–Kier alpha value is -2.78. The van der Waals surface area contributed by atoms with E-state index in [1.807, 2.05) is 0 Å². The van der Waals surface area contributed by atoms with Gasteiger partial charge in [0.2, 0.25) is 10.0 Å². The van der Waals surface area contributed by atoms with E-state index in [9.17, 15) is 13.2 Å². The number of amides is 1. The van der Waals surface area contributed by atoms with E-state index in [1.165, 1.54) is 39.5 Å². The van der Waals surface area contributed by atoms with Crippen molar-refractivity contribution in [1.29, 1.82) is 0 Å². The molecule has 1 fully saturated rings. The van der Waals surface area contributed by atoms with E-state index in [4.69, 9.17) is 14.2 Å². The van der Waals surface area contributed by atoms with Gasteiger partial charge in [-0.2, -0.15) is 0 Å². The highest BCUT2D eigenvalue weighted by atomic mass is 32.2. The molecule has 1 aliphatic rings. The maximum absolute atomic E-state index is 13.0. The van der Waals surface area contributed by atoms with Crippen molar-refractivity contribution >= 4 is 21.6 Å². The Balaban J connectivity index is 1.86. The summed E-state index contributed by atoms with van der Waals surface area (Å²) >= 11 is 0. The van der Waals surface area contributed by atoms with Crippen molar-refractivity contribution in [3.8, 4) is 17.2 Å². The largest absolute Gasteiger partial charge is 0.497 e. The zero-order valence-corrected chi connectivity index (χ0v) is 18.8. The summed E-state index contributed by atoms with van der Waals surface area (Å²) in [5.41, 5.74) is 0.622. The van der Waals surface area contributed by atoms with E-state index in [0.29, 0.717) is 17.2 Å². The van der Waals surface area contributed by atoms with Crippen molar-refractivity contribution < 1.29 is 27.4 Å². The fourth-order valence-corrected chi connectivity index (χ4v) is 5.13. The monoisotopic (exact) mass is 448 g/mol. The summed E-state index contributed by atoms with van der Waals surface area (Å²) in [7, 11) is 0.571. The number of nitrogens with one attached hydrogen (secondary N) is 2. The number of methoxy groups -OCH3 is 3. The van der Waals surface area contributed by atoms with Gasteiger partial charge in [-0.3, -0.25) is 4.79 Å². The second kappa shape index (κ2) is 10.0. The zero-order valence-electron chi connectivity index (χ0n) is 17.9. The average Bonchev–Trinajstić information content (AvgIpc) is 2.79. The number of benzene rings is 2. The van der Waals surface area contributed by atoms with E-state index in [0.717, 1.165) is 32.1 Å².